The van der Waals surface area contributed by atoms with Crippen LogP contribution in [-0.4, -0.2) is 58.2 Å². The van der Waals surface area contributed by atoms with Gasteiger partial charge in [-0.1, -0.05) is 0 Å². The number of sulfone groups is 1. The average Bonchev–Trinajstić information content (AvgIpc) is 3.21. The van der Waals surface area contributed by atoms with Gasteiger partial charge in [0.05, 0.1) is 17.0 Å². The first-order chi connectivity index (χ1) is 12.9. The van der Waals surface area contributed by atoms with Gasteiger partial charge in [-0.05, 0) is 67.9 Å². The van der Waals surface area contributed by atoms with Gasteiger partial charge in [0.1, 0.15) is 0 Å². The molecule has 2 amide bonds. The van der Waals surface area contributed by atoms with E-state index < -0.39 is 9.84 Å². The van der Waals surface area contributed by atoms with Crippen molar-refractivity contribution in [2.24, 2.45) is 17.8 Å². The molecule has 4 saturated carbocycles. The second-order valence-corrected chi connectivity index (χ2v) is 11.5. The summed E-state index contributed by atoms with van der Waals surface area (Å²) in [5, 5.41) is 18.6. The van der Waals surface area contributed by atoms with Crippen molar-refractivity contribution in [1.29, 1.82) is 0 Å². The molecule has 1 aromatic heterocycles. The van der Waals surface area contributed by atoms with Gasteiger partial charge in [0.25, 0.3) is 0 Å². The van der Waals surface area contributed by atoms with Gasteiger partial charge in [-0.2, -0.15) is 4.80 Å². The fourth-order valence-electron chi connectivity index (χ4n) is 6.53. The summed E-state index contributed by atoms with van der Waals surface area (Å²) >= 11 is 0. The molecule has 0 aromatic carbocycles. The third kappa shape index (κ3) is 3.11. The van der Waals surface area contributed by atoms with Crippen molar-refractivity contribution in [3.8, 4) is 0 Å². The summed E-state index contributed by atoms with van der Waals surface area (Å²) in [5.74, 6) is 1.61. The van der Waals surface area contributed by atoms with Crippen LogP contribution in [0.15, 0.2) is 6.33 Å². The average molecular weight is 395 g/mol. The molecule has 5 aliphatic rings. The number of aromatic nitrogens is 4. The van der Waals surface area contributed by atoms with Crippen molar-refractivity contribution < 1.29 is 13.2 Å². The van der Waals surface area contributed by atoms with Crippen LogP contribution in [0.4, 0.5) is 4.79 Å². The van der Waals surface area contributed by atoms with E-state index >= 15 is 0 Å². The van der Waals surface area contributed by atoms with E-state index in [2.05, 4.69) is 26.0 Å². The zero-order chi connectivity index (χ0) is 18.7. The van der Waals surface area contributed by atoms with Crippen molar-refractivity contribution in [3.63, 3.8) is 0 Å². The summed E-state index contributed by atoms with van der Waals surface area (Å²) in [6, 6.07) is -0.178. The molecule has 3 unspecified atom stereocenters. The zero-order valence-electron chi connectivity index (χ0n) is 15.3. The highest BCUT2D eigenvalue weighted by Crippen LogP contribution is 2.60. The molecule has 5 fully saturated rings. The zero-order valence-corrected chi connectivity index (χ0v) is 16.1. The maximum absolute atomic E-state index is 12.6. The van der Waals surface area contributed by atoms with E-state index in [0.29, 0.717) is 24.8 Å². The molecule has 6 rings (SSSR count). The predicted octanol–water partition coefficient (Wildman–Crippen LogP) is 0.455. The number of nitrogens with one attached hydrogen (secondary N) is 2. The molecule has 2 heterocycles. The number of carbonyl (C=O) groups excluding carboxylic acids is 1. The first-order valence-corrected chi connectivity index (χ1v) is 11.7. The van der Waals surface area contributed by atoms with Gasteiger partial charge in [-0.3, -0.25) is 0 Å². The van der Waals surface area contributed by atoms with Gasteiger partial charge in [0, 0.05) is 12.1 Å². The molecule has 2 N–H and O–H groups in total. The number of amides is 2. The molecular weight excluding hydrogens is 368 g/mol. The summed E-state index contributed by atoms with van der Waals surface area (Å²) in [4.78, 5) is 14.4. The summed E-state index contributed by atoms with van der Waals surface area (Å²) < 4.78 is 23.2. The van der Waals surface area contributed by atoms with Crippen LogP contribution in [0.5, 0.6) is 0 Å². The lowest BCUT2D eigenvalue weighted by Gasteiger charge is -2.61. The number of urea groups is 1. The second kappa shape index (κ2) is 5.89. The molecule has 10 heteroatoms. The van der Waals surface area contributed by atoms with Gasteiger partial charge in [0.15, 0.2) is 16.2 Å². The highest BCUT2D eigenvalue weighted by molar-refractivity contribution is 7.91. The van der Waals surface area contributed by atoms with Gasteiger partial charge < -0.3 is 10.6 Å². The predicted molar refractivity (Wildman–Crippen MR) is 96.5 cm³/mol. The molecule has 9 nitrogen and oxygen atoms in total. The Morgan fingerprint density at radius 1 is 1.22 bits per heavy atom. The van der Waals surface area contributed by atoms with E-state index in [1.54, 1.807) is 4.80 Å². The summed E-state index contributed by atoms with van der Waals surface area (Å²) in [5.41, 5.74) is -0.350. The van der Waals surface area contributed by atoms with Gasteiger partial charge in [-0.15, -0.1) is 10.2 Å². The maximum Gasteiger partial charge on any atom is 0.315 e. The lowest BCUT2D eigenvalue weighted by atomic mass is 9.50. The summed E-state index contributed by atoms with van der Waals surface area (Å²) in [6.45, 7) is 0.420. The minimum absolute atomic E-state index is 0.0304. The molecule has 0 spiro atoms. The first kappa shape index (κ1) is 17.4. The van der Waals surface area contributed by atoms with Crippen molar-refractivity contribution in [2.45, 2.75) is 56.0 Å². The monoisotopic (exact) mass is 394 g/mol. The topological polar surface area (TPSA) is 119 Å². The fraction of sp³-hybridized carbons (Fsp3) is 0.882. The quantitative estimate of drug-likeness (QED) is 0.766. The van der Waals surface area contributed by atoms with E-state index in [4.69, 9.17) is 0 Å². The van der Waals surface area contributed by atoms with Crippen LogP contribution in [0, 0.1) is 17.8 Å². The van der Waals surface area contributed by atoms with Crippen LogP contribution < -0.4 is 10.6 Å². The Morgan fingerprint density at radius 3 is 2.63 bits per heavy atom. The largest absolute Gasteiger partial charge is 0.338 e. The Bertz CT molecular complexity index is 825. The molecule has 4 bridgehead atoms. The minimum Gasteiger partial charge on any atom is -0.338 e. The number of carbonyl (C=O) groups is 1. The Morgan fingerprint density at radius 2 is 2.00 bits per heavy atom. The molecule has 27 heavy (non-hydrogen) atoms. The molecule has 0 radical (unpaired) electrons. The molecule has 1 aliphatic heterocycles. The molecular formula is C17H26N6O3S. The lowest BCUT2D eigenvalue weighted by molar-refractivity contribution is -0.0801. The Kier molecular flexibility index (Phi) is 3.80. The van der Waals surface area contributed by atoms with E-state index in [0.717, 1.165) is 32.1 Å². The second-order valence-electron chi connectivity index (χ2n) is 9.30. The van der Waals surface area contributed by atoms with Crippen molar-refractivity contribution >= 4 is 15.9 Å². The minimum atomic E-state index is -2.91. The first-order valence-electron chi connectivity index (χ1n) is 9.85. The fourth-order valence-corrected chi connectivity index (χ4v) is 8.40. The number of rotatable bonds is 4. The van der Waals surface area contributed by atoms with Gasteiger partial charge in [0.2, 0.25) is 0 Å². The molecule has 1 saturated heterocycles. The van der Waals surface area contributed by atoms with Gasteiger partial charge in [-0.25, -0.2) is 13.2 Å². The van der Waals surface area contributed by atoms with E-state index in [1.807, 2.05) is 0 Å². The Labute approximate surface area is 158 Å². The van der Waals surface area contributed by atoms with Crippen molar-refractivity contribution in [2.75, 3.05) is 18.1 Å². The van der Waals surface area contributed by atoms with Crippen LogP contribution in [0.1, 0.15) is 44.9 Å². The van der Waals surface area contributed by atoms with E-state index in [-0.39, 0.29) is 34.5 Å². The smallest absolute Gasteiger partial charge is 0.315 e. The van der Waals surface area contributed by atoms with Crippen LogP contribution >= 0.6 is 0 Å². The highest BCUT2D eigenvalue weighted by atomic mass is 32.2. The standard InChI is InChI=1S/C17H26N6O3S/c24-15(18-8-12-1-2-27(25,26)9-12)21-16-4-13-3-14(5-16)7-17(6-13,10-16)23-20-11-19-22-23/h11-14H,1-10H2,(H2,18,21,24). The van der Waals surface area contributed by atoms with Crippen molar-refractivity contribution in [3.05, 3.63) is 6.33 Å². The molecule has 148 valence electrons. The van der Waals surface area contributed by atoms with Crippen molar-refractivity contribution in [1.82, 2.24) is 30.8 Å². The van der Waals surface area contributed by atoms with Crippen LogP contribution in [0.25, 0.3) is 0 Å². The normalized spacial score (nSPS) is 41.6. The van der Waals surface area contributed by atoms with Crippen LogP contribution in [0.3, 0.4) is 0 Å². The highest BCUT2D eigenvalue weighted by Gasteiger charge is 2.60. The van der Waals surface area contributed by atoms with Crippen LogP contribution in [0.2, 0.25) is 0 Å². The Hall–Kier alpha value is -1.71. The Balaban J connectivity index is 1.27. The lowest BCUT2D eigenvalue weighted by Crippen LogP contribution is -2.67. The molecule has 1 aromatic rings. The van der Waals surface area contributed by atoms with E-state index in [9.17, 15) is 13.2 Å². The number of hydrogen-bond acceptors (Lipinski definition) is 6. The number of hydrogen-bond donors (Lipinski definition) is 2. The number of nitrogens with zero attached hydrogens (tertiary/aromatic N) is 4. The molecule has 4 aliphatic carbocycles. The van der Waals surface area contributed by atoms with Crippen LogP contribution in [-0.2, 0) is 15.4 Å². The third-order valence-corrected chi connectivity index (χ3v) is 8.90. The summed E-state index contributed by atoms with van der Waals surface area (Å²) in [6.07, 6.45) is 8.32. The molecule has 3 atom stereocenters. The maximum atomic E-state index is 12.6. The SMILES string of the molecule is O=C(NCC1CCS(=O)(=O)C1)NC12CC3CC(C1)CC(n1ncnn1)(C3)C2. The number of tetrazole rings is 1. The summed E-state index contributed by atoms with van der Waals surface area (Å²) in [7, 11) is -2.91. The third-order valence-electron chi connectivity index (χ3n) is 7.06. The van der Waals surface area contributed by atoms with Gasteiger partial charge >= 0.3 is 6.03 Å². The van der Waals surface area contributed by atoms with E-state index in [1.165, 1.54) is 12.7 Å².